The van der Waals surface area contributed by atoms with Gasteiger partial charge in [0.05, 0.1) is 17.0 Å². The number of halogens is 4. The molecule has 0 aliphatic carbocycles. The van der Waals surface area contributed by atoms with Gasteiger partial charge >= 0.3 is 6.18 Å². The van der Waals surface area contributed by atoms with Gasteiger partial charge in [-0.3, -0.25) is 4.79 Å². The Bertz CT molecular complexity index is 1390. The summed E-state index contributed by atoms with van der Waals surface area (Å²) in [7, 11) is 1.72. The first-order valence-corrected chi connectivity index (χ1v) is 11.6. The average Bonchev–Trinajstić information content (AvgIpc) is 2.88. The van der Waals surface area contributed by atoms with Crippen molar-refractivity contribution in [3.8, 4) is 11.3 Å². The Kier molecular flexibility index (Phi) is 9.40. The van der Waals surface area contributed by atoms with E-state index in [1.807, 2.05) is 6.07 Å². The SMILES string of the molecule is C1CCOCC1.Cc1nc2ncnc(-c3ccc(C(F)(F)F)cc3F)c2nc1C.Cn1ccccc1=O. The lowest BCUT2D eigenvalue weighted by Crippen LogP contribution is -2.12. The molecule has 1 aliphatic heterocycles. The standard InChI is InChI=1S/C15H10F4N4.C6H7NO.C5H10O/c1-7-8(2)23-14-13(22-7)12(20-6-21-14)10-4-3-9(5-11(10)16)15(17,18)19;1-7-5-3-2-4-6(7)8;1-2-4-6-5-3-1/h3-6H,1-2H3;2-5H,1H3;1-5H2. The van der Waals surface area contributed by atoms with Crippen molar-refractivity contribution >= 4 is 11.2 Å². The van der Waals surface area contributed by atoms with Gasteiger partial charge in [0.2, 0.25) is 5.56 Å². The lowest BCUT2D eigenvalue weighted by Gasteiger charge is -2.10. The van der Waals surface area contributed by atoms with E-state index in [0.717, 1.165) is 25.3 Å². The fourth-order valence-electron chi connectivity index (χ4n) is 3.32. The van der Waals surface area contributed by atoms with Crippen LogP contribution in [-0.4, -0.2) is 37.7 Å². The highest BCUT2D eigenvalue weighted by Crippen LogP contribution is 2.33. The van der Waals surface area contributed by atoms with E-state index >= 15 is 0 Å². The molecule has 196 valence electrons. The van der Waals surface area contributed by atoms with Crippen LogP contribution < -0.4 is 5.56 Å². The Morgan fingerprint density at radius 3 is 2.16 bits per heavy atom. The zero-order valence-corrected chi connectivity index (χ0v) is 20.7. The zero-order chi connectivity index (χ0) is 27.0. The van der Waals surface area contributed by atoms with Crippen LogP contribution in [-0.2, 0) is 18.0 Å². The van der Waals surface area contributed by atoms with Crippen LogP contribution in [0.4, 0.5) is 17.6 Å². The van der Waals surface area contributed by atoms with Gasteiger partial charge in [-0.2, -0.15) is 13.2 Å². The average molecular weight is 518 g/mol. The Labute approximate surface area is 211 Å². The molecule has 0 amide bonds. The maximum absolute atomic E-state index is 14.2. The van der Waals surface area contributed by atoms with Crippen molar-refractivity contribution in [2.24, 2.45) is 7.05 Å². The van der Waals surface area contributed by atoms with Crippen LogP contribution in [0.5, 0.6) is 0 Å². The molecule has 1 aromatic carbocycles. The Balaban J connectivity index is 0.000000220. The van der Waals surface area contributed by atoms with Gasteiger partial charge < -0.3 is 9.30 Å². The predicted molar refractivity (Wildman–Crippen MR) is 131 cm³/mol. The van der Waals surface area contributed by atoms with Gasteiger partial charge in [-0.1, -0.05) is 6.07 Å². The number of hydrogen-bond donors (Lipinski definition) is 0. The smallest absolute Gasteiger partial charge is 0.381 e. The molecule has 0 unspecified atom stereocenters. The maximum atomic E-state index is 14.2. The summed E-state index contributed by atoms with van der Waals surface area (Å²) in [5.74, 6) is -1.03. The van der Waals surface area contributed by atoms with E-state index in [2.05, 4.69) is 19.9 Å². The Morgan fingerprint density at radius 2 is 1.65 bits per heavy atom. The highest BCUT2D eigenvalue weighted by molar-refractivity contribution is 5.86. The second-order valence-electron chi connectivity index (χ2n) is 8.30. The van der Waals surface area contributed by atoms with Crippen LogP contribution in [0, 0.1) is 19.7 Å². The van der Waals surface area contributed by atoms with Crippen LogP contribution in [0.15, 0.2) is 53.7 Å². The van der Waals surface area contributed by atoms with Gasteiger partial charge in [0, 0.05) is 38.1 Å². The van der Waals surface area contributed by atoms with E-state index in [-0.39, 0.29) is 28.0 Å². The van der Waals surface area contributed by atoms with Crippen LogP contribution >= 0.6 is 0 Å². The highest BCUT2D eigenvalue weighted by atomic mass is 19.4. The minimum Gasteiger partial charge on any atom is -0.381 e. The molecule has 1 saturated heterocycles. The third-order valence-electron chi connectivity index (χ3n) is 5.52. The Morgan fingerprint density at radius 1 is 0.946 bits per heavy atom. The van der Waals surface area contributed by atoms with Crippen molar-refractivity contribution < 1.29 is 22.3 Å². The van der Waals surface area contributed by atoms with Gasteiger partial charge in [-0.05, 0) is 57.4 Å². The fraction of sp³-hybridized carbons (Fsp3) is 0.346. The molecule has 0 bridgehead atoms. The van der Waals surface area contributed by atoms with Crippen molar-refractivity contribution in [1.82, 2.24) is 24.5 Å². The highest BCUT2D eigenvalue weighted by Gasteiger charge is 2.31. The third-order valence-corrected chi connectivity index (χ3v) is 5.52. The van der Waals surface area contributed by atoms with Crippen molar-refractivity contribution in [2.45, 2.75) is 39.3 Å². The molecule has 1 aliphatic rings. The molecule has 37 heavy (non-hydrogen) atoms. The molecule has 4 heterocycles. The fourth-order valence-corrected chi connectivity index (χ4v) is 3.32. The molecular formula is C26H27F4N5O2. The van der Waals surface area contributed by atoms with Crippen LogP contribution in [0.3, 0.4) is 0 Å². The summed E-state index contributed by atoms with van der Waals surface area (Å²) in [6.07, 6.45) is 2.22. The number of hydrogen-bond acceptors (Lipinski definition) is 6. The number of nitrogens with zero attached hydrogens (tertiary/aromatic N) is 5. The number of benzene rings is 1. The summed E-state index contributed by atoms with van der Waals surface area (Å²) >= 11 is 0. The zero-order valence-electron chi connectivity index (χ0n) is 20.7. The van der Waals surface area contributed by atoms with E-state index in [1.54, 1.807) is 33.2 Å². The van der Waals surface area contributed by atoms with Crippen molar-refractivity contribution in [3.63, 3.8) is 0 Å². The number of alkyl halides is 3. The quantitative estimate of drug-likeness (QED) is 0.313. The van der Waals surface area contributed by atoms with Crippen molar-refractivity contribution in [3.05, 3.63) is 82.0 Å². The van der Waals surface area contributed by atoms with Crippen molar-refractivity contribution in [1.29, 1.82) is 0 Å². The molecule has 11 heteroatoms. The number of fused-ring (bicyclic) bond motifs is 1. The normalized spacial score (nSPS) is 13.3. The molecule has 1 fully saturated rings. The predicted octanol–water partition coefficient (Wildman–Crippen LogP) is 5.43. The monoisotopic (exact) mass is 517 g/mol. The van der Waals surface area contributed by atoms with Gasteiger partial charge in [-0.15, -0.1) is 0 Å². The molecule has 5 rings (SSSR count). The molecular weight excluding hydrogens is 490 g/mol. The summed E-state index contributed by atoms with van der Waals surface area (Å²) in [4.78, 5) is 27.0. The first-order valence-electron chi connectivity index (χ1n) is 11.6. The molecule has 7 nitrogen and oxygen atoms in total. The number of aromatic nitrogens is 5. The second kappa shape index (κ2) is 12.5. The summed E-state index contributed by atoms with van der Waals surface area (Å²) in [5, 5.41) is 0. The molecule has 4 aromatic rings. The van der Waals surface area contributed by atoms with E-state index in [9.17, 15) is 22.4 Å². The number of pyridine rings is 1. The molecule has 0 N–H and O–H groups in total. The molecule has 3 aromatic heterocycles. The van der Waals surface area contributed by atoms with Gasteiger partial charge in [0.15, 0.2) is 5.65 Å². The summed E-state index contributed by atoms with van der Waals surface area (Å²) in [5.41, 5.74) is 0.782. The minimum absolute atomic E-state index is 0.0347. The second-order valence-corrected chi connectivity index (χ2v) is 8.30. The van der Waals surface area contributed by atoms with Crippen LogP contribution in [0.2, 0.25) is 0 Å². The van der Waals surface area contributed by atoms with Gasteiger partial charge in [0.1, 0.15) is 23.4 Å². The Hall–Kier alpha value is -3.73. The summed E-state index contributed by atoms with van der Waals surface area (Å²) < 4.78 is 58.7. The van der Waals surface area contributed by atoms with Crippen LogP contribution in [0.1, 0.15) is 36.2 Å². The maximum Gasteiger partial charge on any atom is 0.416 e. The van der Waals surface area contributed by atoms with E-state index in [1.165, 1.54) is 36.2 Å². The van der Waals surface area contributed by atoms with E-state index in [0.29, 0.717) is 17.5 Å². The third kappa shape index (κ3) is 7.63. The topological polar surface area (TPSA) is 82.8 Å². The number of ether oxygens (including phenoxy) is 1. The molecule has 0 saturated carbocycles. The van der Waals surface area contributed by atoms with E-state index in [4.69, 9.17) is 4.74 Å². The largest absolute Gasteiger partial charge is 0.416 e. The number of aryl methyl sites for hydroxylation is 3. The van der Waals surface area contributed by atoms with E-state index < -0.39 is 17.6 Å². The lowest BCUT2D eigenvalue weighted by atomic mass is 10.1. The summed E-state index contributed by atoms with van der Waals surface area (Å²) in [6, 6.07) is 7.36. The molecule has 0 spiro atoms. The summed E-state index contributed by atoms with van der Waals surface area (Å²) in [6.45, 7) is 5.48. The van der Waals surface area contributed by atoms with Gasteiger partial charge in [-0.25, -0.2) is 24.3 Å². The molecule has 0 atom stereocenters. The molecule has 0 radical (unpaired) electrons. The minimum atomic E-state index is -4.61. The van der Waals surface area contributed by atoms with Crippen molar-refractivity contribution in [2.75, 3.05) is 13.2 Å². The van der Waals surface area contributed by atoms with Gasteiger partial charge in [0.25, 0.3) is 0 Å². The lowest BCUT2D eigenvalue weighted by molar-refractivity contribution is -0.137. The number of rotatable bonds is 1. The van der Waals surface area contributed by atoms with Crippen LogP contribution in [0.25, 0.3) is 22.4 Å². The first-order chi connectivity index (χ1) is 17.6. The first kappa shape index (κ1) is 27.9.